The van der Waals surface area contributed by atoms with E-state index in [1.165, 1.54) is 0 Å². The Morgan fingerprint density at radius 1 is 1.05 bits per heavy atom. The topological polar surface area (TPSA) is 162 Å². The normalized spacial score (nSPS) is 13.6. The molecule has 1 fully saturated rings. The number of carbonyl (C=O) groups is 1. The van der Waals surface area contributed by atoms with Crippen LogP contribution >= 0.6 is 0 Å². The molecule has 0 amide bonds. The van der Waals surface area contributed by atoms with E-state index in [2.05, 4.69) is 0 Å². The van der Waals surface area contributed by atoms with Crippen LogP contribution in [0.5, 0.6) is 5.75 Å². The van der Waals surface area contributed by atoms with Gasteiger partial charge in [-0.25, -0.2) is 4.79 Å². The van der Waals surface area contributed by atoms with Crippen LogP contribution in [0.3, 0.4) is 0 Å². The molecule has 2 rings (SSSR count). The van der Waals surface area contributed by atoms with Crippen LogP contribution in [0.15, 0.2) is 12.1 Å². The fourth-order valence-corrected chi connectivity index (χ4v) is 1.45. The van der Waals surface area contributed by atoms with E-state index < -0.39 is 38.5 Å². The Morgan fingerprint density at radius 2 is 1.55 bits per heavy atom. The molecule has 2 N–H and O–H groups in total. The molecule has 11 heteroatoms. The van der Waals surface area contributed by atoms with Gasteiger partial charge in [0.25, 0.3) is 5.69 Å². The number of ether oxygens (including phenoxy) is 2. The third-order valence-electron chi connectivity index (χ3n) is 2.46. The van der Waals surface area contributed by atoms with E-state index in [-0.39, 0.29) is 0 Å². The van der Waals surface area contributed by atoms with Gasteiger partial charge in [-0.1, -0.05) is 0 Å². The van der Waals surface area contributed by atoms with Crippen molar-refractivity contribution in [1.29, 1.82) is 0 Å². The third kappa shape index (κ3) is 4.64. The minimum absolute atomic E-state index is 0.488. The summed E-state index contributed by atoms with van der Waals surface area (Å²) in [5.74, 6) is -2.80. The van der Waals surface area contributed by atoms with Gasteiger partial charge in [0.2, 0.25) is 5.75 Å². The van der Waals surface area contributed by atoms with E-state index in [1.807, 2.05) is 0 Å². The number of nitrogens with zero attached hydrogens (tertiary/aromatic N) is 2. The summed E-state index contributed by atoms with van der Waals surface area (Å²) in [5.41, 5.74) is -2.69. The average Bonchev–Trinajstić information content (AvgIpc) is 2.49. The maximum atomic E-state index is 10.6. The molecule has 120 valence electrons. The van der Waals surface area contributed by atoms with Gasteiger partial charge in [-0.15, -0.1) is 0 Å². The van der Waals surface area contributed by atoms with Crippen molar-refractivity contribution < 1.29 is 34.3 Å². The predicted octanol–water partition coefficient (Wildman–Crippen LogP) is 0.940. The van der Waals surface area contributed by atoms with Gasteiger partial charge in [-0.3, -0.25) is 20.2 Å². The summed E-state index contributed by atoms with van der Waals surface area (Å²) in [6.07, 6.45) is 0. The second-order valence-corrected chi connectivity index (χ2v) is 3.91. The number of carboxylic acids is 1. The molecule has 1 saturated heterocycles. The highest BCUT2D eigenvalue weighted by atomic mass is 16.6. The number of hydrogen-bond donors (Lipinski definition) is 2. The first kappa shape index (κ1) is 17.3. The van der Waals surface area contributed by atoms with E-state index in [9.17, 15) is 30.1 Å². The van der Waals surface area contributed by atoms with E-state index in [1.54, 1.807) is 0 Å². The predicted molar refractivity (Wildman–Crippen MR) is 70.0 cm³/mol. The van der Waals surface area contributed by atoms with Crippen molar-refractivity contribution in [1.82, 2.24) is 0 Å². The molecule has 1 aromatic rings. The van der Waals surface area contributed by atoms with Crippen LogP contribution in [0.2, 0.25) is 0 Å². The second-order valence-electron chi connectivity index (χ2n) is 3.91. The van der Waals surface area contributed by atoms with Crippen LogP contribution < -0.4 is 0 Å². The van der Waals surface area contributed by atoms with Crippen LogP contribution in [0.4, 0.5) is 11.4 Å². The lowest BCUT2D eigenvalue weighted by Gasteiger charge is -2.09. The molecular weight excluding hydrogens is 304 g/mol. The minimum atomic E-state index is -1.69. The number of aromatic hydroxyl groups is 1. The number of aromatic carboxylic acids is 1. The summed E-state index contributed by atoms with van der Waals surface area (Å²) in [6, 6.07) is 1.03. The Kier molecular flexibility index (Phi) is 6.16. The summed E-state index contributed by atoms with van der Waals surface area (Å²) in [4.78, 5) is 29.2. The number of nitro benzene ring substituents is 2. The molecule has 0 unspecified atom stereocenters. The average molecular weight is 316 g/mol. The number of phenols is 1. The van der Waals surface area contributed by atoms with Gasteiger partial charge in [0.15, 0.2) is 0 Å². The SMILES string of the molecule is C1COCCO1.O=C(O)c1cc([N+](=O)[O-])cc([N+](=O)[O-])c1O. The molecule has 0 saturated carbocycles. The summed E-state index contributed by atoms with van der Waals surface area (Å²) in [6.45, 7) is 3.11. The molecule has 1 heterocycles. The minimum Gasteiger partial charge on any atom is -0.501 e. The number of rotatable bonds is 3. The third-order valence-corrected chi connectivity index (χ3v) is 2.46. The van der Waals surface area contributed by atoms with Crippen molar-refractivity contribution in [3.8, 4) is 5.75 Å². The molecule has 1 aromatic carbocycles. The van der Waals surface area contributed by atoms with Crippen LogP contribution in [0, 0.1) is 20.2 Å². The van der Waals surface area contributed by atoms with Crippen molar-refractivity contribution in [2.75, 3.05) is 26.4 Å². The van der Waals surface area contributed by atoms with Crippen molar-refractivity contribution in [3.63, 3.8) is 0 Å². The molecule has 1 aliphatic heterocycles. The lowest BCUT2D eigenvalue weighted by molar-refractivity contribution is -0.394. The lowest BCUT2D eigenvalue weighted by Crippen LogP contribution is -2.16. The summed E-state index contributed by atoms with van der Waals surface area (Å²) in [5, 5.41) is 38.5. The number of hydrogen-bond acceptors (Lipinski definition) is 8. The van der Waals surface area contributed by atoms with Gasteiger partial charge in [0, 0.05) is 6.07 Å². The zero-order valence-electron chi connectivity index (χ0n) is 11.1. The van der Waals surface area contributed by atoms with Crippen molar-refractivity contribution in [2.24, 2.45) is 0 Å². The summed E-state index contributed by atoms with van der Waals surface area (Å²) in [7, 11) is 0. The highest BCUT2D eigenvalue weighted by Gasteiger charge is 2.26. The van der Waals surface area contributed by atoms with E-state index in [0.717, 1.165) is 26.4 Å². The monoisotopic (exact) mass is 316 g/mol. The van der Waals surface area contributed by atoms with Crippen LogP contribution in [0.25, 0.3) is 0 Å². The first-order chi connectivity index (χ1) is 10.3. The molecular formula is C11H12N2O9. The van der Waals surface area contributed by atoms with E-state index >= 15 is 0 Å². The summed E-state index contributed by atoms with van der Waals surface area (Å²) < 4.78 is 9.89. The maximum absolute atomic E-state index is 10.6. The Labute approximate surface area is 123 Å². The number of carboxylic acid groups (broad SMARTS) is 1. The van der Waals surface area contributed by atoms with Crippen molar-refractivity contribution in [3.05, 3.63) is 37.9 Å². The van der Waals surface area contributed by atoms with Gasteiger partial charge in [-0.2, -0.15) is 0 Å². The molecule has 11 nitrogen and oxygen atoms in total. The number of nitro groups is 2. The Hall–Kier alpha value is -2.79. The van der Waals surface area contributed by atoms with Gasteiger partial charge in [0.05, 0.1) is 42.3 Å². The smallest absolute Gasteiger partial charge is 0.340 e. The zero-order valence-corrected chi connectivity index (χ0v) is 11.1. The van der Waals surface area contributed by atoms with Crippen LogP contribution in [-0.4, -0.2) is 52.5 Å². The van der Waals surface area contributed by atoms with Gasteiger partial charge < -0.3 is 19.7 Å². The largest absolute Gasteiger partial charge is 0.501 e. The summed E-state index contributed by atoms with van der Waals surface area (Å²) >= 11 is 0. The highest BCUT2D eigenvalue weighted by molar-refractivity contribution is 5.93. The fourth-order valence-electron chi connectivity index (χ4n) is 1.45. The maximum Gasteiger partial charge on any atom is 0.340 e. The standard InChI is InChI=1S/C7H4N2O7.C4H8O2/c10-6-4(7(11)12)1-3(8(13)14)2-5(6)9(15)16;1-2-6-4-3-5-1/h1-2,10H,(H,11,12);1-4H2. The van der Waals surface area contributed by atoms with Crippen LogP contribution in [0.1, 0.15) is 10.4 Å². The van der Waals surface area contributed by atoms with Crippen molar-refractivity contribution >= 4 is 17.3 Å². The van der Waals surface area contributed by atoms with Gasteiger partial charge >= 0.3 is 11.7 Å². The Balaban J connectivity index is 0.000000335. The second kappa shape index (κ2) is 7.85. The van der Waals surface area contributed by atoms with E-state index in [4.69, 9.17) is 14.6 Å². The van der Waals surface area contributed by atoms with Crippen molar-refractivity contribution in [2.45, 2.75) is 0 Å². The molecule has 0 radical (unpaired) electrons. The molecule has 1 aliphatic rings. The molecule has 22 heavy (non-hydrogen) atoms. The fraction of sp³-hybridized carbons (Fsp3) is 0.364. The molecule has 0 aliphatic carbocycles. The number of non-ortho nitro benzene ring substituents is 1. The zero-order chi connectivity index (χ0) is 16.7. The Bertz CT molecular complexity index is 536. The molecule has 0 aromatic heterocycles. The first-order valence-corrected chi connectivity index (χ1v) is 5.89. The molecule has 0 bridgehead atoms. The van der Waals surface area contributed by atoms with Gasteiger partial charge in [0.1, 0.15) is 5.56 Å². The highest BCUT2D eigenvalue weighted by Crippen LogP contribution is 2.34. The van der Waals surface area contributed by atoms with Crippen LogP contribution in [-0.2, 0) is 9.47 Å². The first-order valence-electron chi connectivity index (χ1n) is 5.89. The lowest BCUT2D eigenvalue weighted by atomic mass is 10.1. The molecule has 0 spiro atoms. The quantitative estimate of drug-likeness (QED) is 0.610. The van der Waals surface area contributed by atoms with Gasteiger partial charge in [-0.05, 0) is 0 Å². The number of benzene rings is 1. The van der Waals surface area contributed by atoms with E-state index in [0.29, 0.717) is 12.1 Å². The Morgan fingerprint density at radius 3 is 1.86 bits per heavy atom. The molecule has 0 atom stereocenters.